The standard InChI is InChI=1S/C20H23Br2NO5S2/c1-3-9-23(30(26,27)18-6-4-5-16(21)20(18)22)10-11-29-15-7-8-17(14(2)12-15)28-13-19(24)25/h4-8,12H,3,9-11,13H2,1-2H3,(H,24,25). The molecule has 0 aliphatic rings. The third-order valence-electron chi connectivity index (χ3n) is 4.11. The van der Waals surface area contributed by atoms with Gasteiger partial charge in [-0.25, -0.2) is 13.2 Å². The highest BCUT2D eigenvalue weighted by atomic mass is 79.9. The molecule has 0 atom stereocenters. The van der Waals surface area contributed by atoms with Crippen molar-refractivity contribution in [1.82, 2.24) is 4.31 Å². The van der Waals surface area contributed by atoms with Crippen LogP contribution in [0.5, 0.6) is 5.75 Å². The molecule has 30 heavy (non-hydrogen) atoms. The lowest BCUT2D eigenvalue weighted by molar-refractivity contribution is -0.139. The molecule has 0 aliphatic carbocycles. The van der Waals surface area contributed by atoms with Gasteiger partial charge in [0.05, 0.1) is 9.37 Å². The molecular weight excluding hydrogens is 558 g/mol. The van der Waals surface area contributed by atoms with Crippen LogP contribution in [-0.4, -0.2) is 49.2 Å². The summed E-state index contributed by atoms with van der Waals surface area (Å²) in [7, 11) is -3.63. The zero-order valence-electron chi connectivity index (χ0n) is 16.6. The van der Waals surface area contributed by atoms with Crippen LogP contribution in [0.15, 0.2) is 55.1 Å². The minimum atomic E-state index is -3.63. The minimum absolute atomic E-state index is 0.242. The van der Waals surface area contributed by atoms with Crippen LogP contribution in [0.3, 0.4) is 0 Å². The van der Waals surface area contributed by atoms with Gasteiger partial charge in [0, 0.05) is 28.2 Å². The van der Waals surface area contributed by atoms with Crippen LogP contribution in [0.2, 0.25) is 0 Å². The highest BCUT2D eigenvalue weighted by Crippen LogP contribution is 2.32. The Kier molecular flexibility index (Phi) is 9.67. The first-order chi connectivity index (χ1) is 14.2. The summed E-state index contributed by atoms with van der Waals surface area (Å²) < 4.78 is 34.3. The van der Waals surface area contributed by atoms with Gasteiger partial charge in [0.2, 0.25) is 10.0 Å². The lowest BCUT2D eigenvalue weighted by atomic mass is 10.2. The van der Waals surface area contributed by atoms with Crippen LogP contribution in [0.25, 0.3) is 0 Å². The van der Waals surface area contributed by atoms with Crippen molar-refractivity contribution >= 4 is 59.6 Å². The first-order valence-corrected chi connectivity index (χ1v) is 13.2. The number of halogens is 2. The summed E-state index contributed by atoms with van der Waals surface area (Å²) >= 11 is 8.28. The number of rotatable bonds is 11. The van der Waals surface area contributed by atoms with Crippen molar-refractivity contribution in [1.29, 1.82) is 0 Å². The van der Waals surface area contributed by atoms with E-state index >= 15 is 0 Å². The molecule has 1 N–H and O–H groups in total. The largest absolute Gasteiger partial charge is 0.482 e. The Morgan fingerprint density at radius 1 is 1.20 bits per heavy atom. The molecule has 0 aromatic heterocycles. The highest BCUT2D eigenvalue weighted by molar-refractivity contribution is 9.13. The Bertz CT molecular complexity index is 999. The average molecular weight is 581 g/mol. The van der Waals surface area contributed by atoms with Gasteiger partial charge < -0.3 is 9.84 Å². The number of aryl methyl sites for hydroxylation is 1. The fraction of sp³-hybridized carbons (Fsp3) is 0.350. The number of aliphatic carboxylic acids is 1. The van der Waals surface area contributed by atoms with Crippen molar-refractivity contribution in [2.45, 2.75) is 30.1 Å². The van der Waals surface area contributed by atoms with E-state index in [2.05, 4.69) is 31.9 Å². The smallest absolute Gasteiger partial charge is 0.341 e. The second kappa shape index (κ2) is 11.5. The molecule has 0 unspecified atom stereocenters. The maximum absolute atomic E-state index is 13.2. The zero-order valence-corrected chi connectivity index (χ0v) is 21.4. The topological polar surface area (TPSA) is 83.9 Å². The Balaban J connectivity index is 2.07. The Labute approximate surface area is 198 Å². The van der Waals surface area contributed by atoms with Gasteiger partial charge in [-0.15, -0.1) is 11.8 Å². The molecule has 0 spiro atoms. The molecule has 0 radical (unpaired) electrons. The van der Waals surface area contributed by atoms with Crippen molar-refractivity contribution < 1.29 is 23.1 Å². The molecular formula is C20H23Br2NO5S2. The average Bonchev–Trinajstić information content (AvgIpc) is 2.68. The summed E-state index contributed by atoms with van der Waals surface area (Å²) in [5.41, 5.74) is 0.831. The molecule has 0 aliphatic heterocycles. The predicted octanol–water partition coefficient (Wildman–Crippen LogP) is 5.18. The lowest BCUT2D eigenvalue weighted by Crippen LogP contribution is -2.34. The summed E-state index contributed by atoms with van der Waals surface area (Å²) in [6.07, 6.45) is 0.713. The van der Waals surface area contributed by atoms with Gasteiger partial charge in [-0.05, 0) is 81.1 Å². The van der Waals surface area contributed by atoms with E-state index in [1.807, 2.05) is 26.0 Å². The maximum atomic E-state index is 13.2. The molecule has 164 valence electrons. The number of ether oxygens (including phenoxy) is 1. The Morgan fingerprint density at radius 3 is 2.57 bits per heavy atom. The Morgan fingerprint density at radius 2 is 1.93 bits per heavy atom. The zero-order chi connectivity index (χ0) is 22.3. The molecule has 2 rings (SSSR count). The van der Waals surface area contributed by atoms with Gasteiger partial charge in [0.1, 0.15) is 5.75 Å². The van der Waals surface area contributed by atoms with E-state index in [1.54, 1.807) is 36.0 Å². The molecule has 2 aromatic carbocycles. The van der Waals surface area contributed by atoms with Crippen LogP contribution in [0.4, 0.5) is 0 Å². The third-order valence-corrected chi connectivity index (χ3v) is 9.34. The fourth-order valence-electron chi connectivity index (χ4n) is 2.70. The first kappa shape index (κ1) is 25.2. The van der Waals surface area contributed by atoms with Gasteiger partial charge >= 0.3 is 5.97 Å². The molecule has 6 nitrogen and oxygen atoms in total. The van der Waals surface area contributed by atoms with Crippen molar-refractivity contribution in [3.8, 4) is 5.75 Å². The third kappa shape index (κ3) is 6.71. The SMILES string of the molecule is CCCN(CCSc1ccc(OCC(=O)O)c(C)c1)S(=O)(=O)c1cccc(Br)c1Br. The van der Waals surface area contributed by atoms with Crippen molar-refractivity contribution in [2.75, 3.05) is 25.4 Å². The molecule has 10 heteroatoms. The van der Waals surface area contributed by atoms with Gasteiger partial charge in [-0.3, -0.25) is 0 Å². The summed E-state index contributed by atoms with van der Waals surface area (Å²) in [5, 5.41) is 8.72. The van der Waals surface area contributed by atoms with Crippen LogP contribution in [-0.2, 0) is 14.8 Å². The number of carbonyl (C=O) groups is 1. The number of hydrogen-bond donors (Lipinski definition) is 1. The number of carboxylic acids is 1. The van der Waals surface area contributed by atoms with Crippen LogP contribution in [0, 0.1) is 6.92 Å². The minimum Gasteiger partial charge on any atom is -0.482 e. The summed E-state index contributed by atoms with van der Waals surface area (Å²) in [4.78, 5) is 11.9. The van der Waals surface area contributed by atoms with Gasteiger partial charge in [0.15, 0.2) is 6.61 Å². The summed E-state index contributed by atoms with van der Waals surface area (Å²) in [6, 6.07) is 10.6. The van der Waals surface area contributed by atoms with Crippen LogP contribution < -0.4 is 4.74 Å². The summed E-state index contributed by atoms with van der Waals surface area (Å²) in [5.74, 6) is 0.0817. The van der Waals surface area contributed by atoms with Crippen LogP contribution >= 0.6 is 43.6 Å². The van der Waals surface area contributed by atoms with E-state index < -0.39 is 16.0 Å². The second-order valence-corrected chi connectivity index (χ2v) is 11.1. The second-order valence-electron chi connectivity index (χ2n) is 6.41. The first-order valence-electron chi connectivity index (χ1n) is 9.19. The van der Waals surface area contributed by atoms with Crippen molar-refractivity contribution in [2.24, 2.45) is 0 Å². The van der Waals surface area contributed by atoms with Gasteiger partial charge in [-0.2, -0.15) is 4.31 Å². The normalized spacial score (nSPS) is 11.6. The van der Waals surface area contributed by atoms with E-state index in [9.17, 15) is 13.2 Å². The monoisotopic (exact) mass is 579 g/mol. The van der Waals surface area contributed by atoms with E-state index in [0.717, 1.165) is 10.5 Å². The molecule has 0 fully saturated rings. The Hall–Kier alpha value is -1.07. The molecule has 0 saturated heterocycles. The van der Waals surface area contributed by atoms with Crippen LogP contribution in [0.1, 0.15) is 18.9 Å². The van der Waals surface area contributed by atoms with Gasteiger partial charge in [0.25, 0.3) is 0 Å². The predicted molar refractivity (Wildman–Crippen MR) is 126 cm³/mol. The highest BCUT2D eigenvalue weighted by Gasteiger charge is 2.26. The maximum Gasteiger partial charge on any atom is 0.341 e. The lowest BCUT2D eigenvalue weighted by Gasteiger charge is -2.22. The molecule has 0 saturated carbocycles. The molecule has 2 aromatic rings. The number of nitrogens with zero attached hydrogens (tertiary/aromatic N) is 1. The van der Waals surface area contributed by atoms with Gasteiger partial charge in [-0.1, -0.05) is 13.0 Å². The summed E-state index contributed by atoms with van der Waals surface area (Å²) in [6.45, 7) is 4.21. The van der Waals surface area contributed by atoms with Crippen molar-refractivity contribution in [3.63, 3.8) is 0 Å². The number of benzene rings is 2. The molecule has 0 amide bonds. The van der Waals surface area contributed by atoms with E-state index in [1.165, 1.54) is 4.31 Å². The fourth-order valence-corrected chi connectivity index (χ4v) is 6.78. The number of hydrogen-bond acceptors (Lipinski definition) is 5. The van der Waals surface area contributed by atoms with E-state index in [-0.39, 0.29) is 11.5 Å². The molecule has 0 bridgehead atoms. The number of thioether (sulfide) groups is 1. The van der Waals surface area contributed by atoms with E-state index in [0.29, 0.717) is 40.0 Å². The molecule has 0 heterocycles. The van der Waals surface area contributed by atoms with E-state index in [4.69, 9.17) is 9.84 Å². The number of carboxylic acid groups (broad SMARTS) is 1. The quantitative estimate of drug-likeness (QED) is 0.369. The number of sulfonamides is 1. The van der Waals surface area contributed by atoms with Crippen molar-refractivity contribution in [3.05, 3.63) is 50.9 Å².